The smallest absolute Gasteiger partial charge is 0.0920 e. The molecule has 3 nitrogen and oxygen atoms in total. The molecule has 3 N–H and O–H groups in total. The van der Waals surface area contributed by atoms with E-state index in [9.17, 15) is 5.11 Å². The second-order valence-electron chi connectivity index (χ2n) is 4.87. The molecule has 0 spiro atoms. The fourth-order valence-electron chi connectivity index (χ4n) is 2.40. The second-order valence-corrected chi connectivity index (χ2v) is 6.68. The molecule has 17 heavy (non-hydrogen) atoms. The number of hydrogen-bond donors (Lipinski definition) is 2. The minimum atomic E-state index is -0.618. The summed E-state index contributed by atoms with van der Waals surface area (Å²) < 4.78 is 1.14. The van der Waals surface area contributed by atoms with Gasteiger partial charge in [-0.2, -0.15) is 0 Å². The molecular formula is C12H19BrN2OS. The van der Waals surface area contributed by atoms with Crippen LogP contribution in [0.2, 0.25) is 0 Å². The zero-order chi connectivity index (χ0) is 12.5. The summed E-state index contributed by atoms with van der Waals surface area (Å²) in [6.45, 7) is 0.383. The Kier molecular flexibility index (Phi) is 4.13. The summed E-state index contributed by atoms with van der Waals surface area (Å²) >= 11 is 5.23. The van der Waals surface area contributed by atoms with E-state index < -0.39 is 5.60 Å². The zero-order valence-electron chi connectivity index (χ0n) is 10.0. The fourth-order valence-corrected chi connectivity index (χ4v) is 3.86. The third-order valence-corrected chi connectivity index (χ3v) is 5.49. The van der Waals surface area contributed by atoms with E-state index in [1.165, 1.54) is 5.00 Å². The predicted molar refractivity (Wildman–Crippen MR) is 76.7 cm³/mol. The summed E-state index contributed by atoms with van der Waals surface area (Å²) in [5.74, 6) is 0. The molecule has 1 heterocycles. The van der Waals surface area contributed by atoms with Gasteiger partial charge in [0.25, 0.3) is 0 Å². The van der Waals surface area contributed by atoms with Gasteiger partial charge in [0.1, 0.15) is 0 Å². The van der Waals surface area contributed by atoms with Crippen molar-refractivity contribution < 1.29 is 5.11 Å². The van der Waals surface area contributed by atoms with Crippen molar-refractivity contribution in [3.8, 4) is 0 Å². The Bertz CT molecular complexity index is 374. The van der Waals surface area contributed by atoms with E-state index in [4.69, 9.17) is 5.73 Å². The number of halogens is 1. The van der Waals surface area contributed by atoms with Crippen LogP contribution < -0.4 is 10.6 Å². The highest BCUT2D eigenvalue weighted by Crippen LogP contribution is 2.35. The van der Waals surface area contributed by atoms with Crippen molar-refractivity contribution in [1.82, 2.24) is 0 Å². The van der Waals surface area contributed by atoms with Gasteiger partial charge in [-0.15, -0.1) is 11.3 Å². The van der Waals surface area contributed by atoms with Gasteiger partial charge >= 0.3 is 0 Å². The minimum Gasteiger partial charge on any atom is -0.389 e. The molecular weight excluding hydrogens is 300 g/mol. The van der Waals surface area contributed by atoms with Crippen LogP contribution >= 0.6 is 27.3 Å². The van der Waals surface area contributed by atoms with E-state index in [0.717, 1.165) is 30.2 Å². The molecule has 0 radical (unpaired) electrons. The number of thiophene rings is 1. The molecule has 0 aromatic carbocycles. The average molecular weight is 319 g/mol. The molecule has 96 valence electrons. The van der Waals surface area contributed by atoms with Gasteiger partial charge in [-0.1, -0.05) is 0 Å². The first-order chi connectivity index (χ1) is 8.04. The molecule has 5 heteroatoms. The van der Waals surface area contributed by atoms with Crippen LogP contribution in [0.1, 0.15) is 25.7 Å². The number of anilines is 1. The largest absolute Gasteiger partial charge is 0.389 e. The molecule has 1 aromatic rings. The van der Waals surface area contributed by atoms with Crippen molar-refractivity contribution in [2.75, 3.05) is 18.5 Å². The zero-order valence-corrected chi connectivity index (χ0v) is 12.4. The van der Waals surface area contributed by atoms with Crippen molar-refractivity contribution >= 4 is 32.3 Å². The van der Waals surface area contributed by atoms with E-state index in [-0.39, 0.29) is 0 Å². The van der Waals surface area contributed by atoms with Crippen molar-refractivity contribution in [3.63, 3.8) is 0 Å². The summed E-state index contributed by atoms with van der Waals surface area (Å²) in [6.07, 6.45) is 3.65. The Labute approximate surface area is 115 Å². The first-order valence-electron chi connectivity index (χ1n) is 5.93. The van der Waals surface area contributed by atoms with E-state index in [1.54, 1.807) is 11.3 Å². The highest BCUT2D eigenvalue weighted by Gasteiger charge is 2.33. The number of aliphatic hydroxyl groups is 1. The van der Waals surface area contributed by atoms with Crippen LogP contribution in [0.15, 0.2) is 15.9 Å². The van der Waals surface area contributed by atoms with Crippen LogP contribution in [0, 0.1) is 0 Å². The van der Waals surface area contributed by atoms with Gasteiger partial charge in [-0.25, -0.2) is 0 Å². The maximum atomic E-state index is 10.1. The van der Waals surface area contributed by atoms with E-state index in [1.807, 2.05) is 0 Å². The Morgan fingerprint density at radius 2 is 2.24 bits per heavy atom. The van der Waals surface area contributed by atoms with Gasteiger partial charge in [0, 0.05) is 29.5 Å². The van der Waals surface area contributed by atoms with Crippen LogP contribution in [-0.2, 0) is 0 Å². The number of nitrogens with zero attached hydrogens (tertiary/aromatic N) is 1. The Hall–Kier alpha value is -0.100. The minimum absolute atomic E-state index is 0.383. The summed E-state index contributed by atoms with van der Waals surface area (Å²) in [5.41, 5.74) is 4.99. The van der Waals surface area contributed by atoms with Gasteiger partial charge in [-0.05, 0) is 47.7 Å². The maximum Gasteiger partial charge on any atom is 0.0920 e. The normalized spacial score (nSPS) is 29.3. The topological polar surface area (TPSA) is 49.5 Å². The van der Waals surface area contributed by atoms with Crippen molar-refractivity contribution in [3.05, 3.63) is 15.9 Å². The van der Waals surface area contributed by atoms with Gasteiger partial charge in [0.2, 0.25) is 0 Å². The molecule has 0 amide bonds. The van der Waals surface area contributed by atoms with Crippen LogP contribution in [0.5, 0.6) is 0 Å². The Balaban J connectivity index is 1.97. The molecule has 1 fully saturated rings. The quantitative estimate of drug-likeness (QED) is 0.900. The van der Waals surface area contributed by atoms with Crippen LogP contribution in [0.3, 0.4) is 0 Å². The summed E-state index contributed by atoms with van der Waals surface area (Å²) in [4.78, 5) is 2.32. The van der Waals surface area contributed by atoms with Crippen LogP contribution in [0.25, 0.3) is 0 Å². The van der Waals surface area contributed by atoms with Crippen molar-refractivity contribution in [2.45, 2.75) is 37.3 Å². The molecule has 0 aliphatic heterocycles. The number of hydrogen-bond acceptors (Lipinski definition) is 4. The lowest BCUT2D eigenvalue weighted by molar-refractivity contribution is 0.00804. The van der Waals surface area contributed by atoms with Crippen LogP contribution in [-0.4, -0.2) is 30.3 Å². The molecule has 0 bridgehead atoms. The molecule has 2 rings (SSSR count). The molecule has 0 atom stereocenters. The average Bonchev–Trinajstić information content (AvgIpc) is 2.76. The van der Waals surface area contributed by atoms with Gasteiger partial charge < -0.3 is 15.7 Å². The Morgan fingerprint density at radius 1 is 1.59 bits per heavy atom. The Morgan fingerprint density at radius 3 is 2.71 bits per heavy atom. The monoisotopic (exact) mass is 318 g/mol. The fraction of sp³-hybridized carbons (Fsp3) is 0.667. The third-order valence-electron chi connectivity index (χ3n) is 3.71. The summed E-state index contributed by atoms with van der Waals surface area (Å²) in [5, 5.41) is 13.5. The number of rotatable bonds is 3. The molecule has 1 saturated carbocycles. The van der Waals surface area contributed by atoms with Gasteiger partial charge in [-0.3, -0.25) is 0 Å². The van der Waals surface area contributed by atoms with Crippen LogP contribution in [0.4, 0.5) is 5.00 Å². The lowest BCUT2D eigenvalue weighted by atomic mass is 9.82. The first kappa shape index (κ1) is 13.3. The summed E-state index contributed by atoms with van der Waals surface area (Å²) in [7, 11) is 2.13. The number of nitrogens with two attached hydrogens (primary N) is 1. The van der Waals surface area contributed by atoms with Gasteiger partial charge in [0.05, 0.1) is 10.6 Å². The summed E-state index contributed by atoms with van der Waals surface area (Å²) in [6, 6.07) is 2.67. The lowest BCUT2D eigenvalue weighted by Crippen LogP contribution is -2.46. The molecule has 1 aliphatic carbocycles. The first-order valence-corrected chi connectivity index (χ1v) is 7.61. The van der Waals surface area contributed by atoms with Crippen molar-refractivity contribution in [1.29, 1.82) is 0 Å². The predicted octanol–water partition coefficient (Wildman–Crippen LogP) is 2.58. The van der Waals surface area contributed by atoms with E-state index in [0.29, 0.717) is 12.6 Å². The molecule has 0 unspecified atom stereocenters. The molecule has 1 aromatic heterocycles. The van der Waals surface area contributed by atoms with Gasteiger partial charge in [0.15, 0.2) is 0 Å². The molecule has 1 aliphatic rings. The SMILES string of the molecule is CN(c1cc(Br)cs1)C1CCC(O)(CN)CC1. The standard InChI is InChI=1S/C12H19BrN2OS/c1-15(11-6-9(13)7-17-11)10-2-4-12(16,8-14)5-3-10/h6-7,10,16H,2-5,8,14H2,1H3. The van der Waals surface area contributed by atoms with E-state index in [2.05, 4.69) is 39.3 Å². The third kappa shape index (κ3) is 3.02. The lowest BCUT2D eigenvalue weighted by Gasteiger charge is -2.39. The van der Waals surface area contributed by atoms with Crippen molar-refractivity contribution in [2.24, 2.45) is 5.73 Å². The highest BCUT2D eigenvalue weighted by molar-refractivity contribution is 9.10. The highest BCUT2D eigenvalue weighted by atomic mass is 79.9. The van der Waals surface area contributed by atoms with E-state index >= 15 is 0 Å². The molecule has 0 saturated heterocycles. The maximum absolute atomic E-state index is 10.1. The second kappa shape index (κ2) is 5.26.